The molecule has 5 unspecified atom stereocenters. The van der Waals surface area contributed by atoms with E-state index in [4.69, 9.17) is 37.0 Å². The van der Waals surface area contributed by atoms with Gasteiger partial charge in [-0.25, -0.2) is 9.13 Å². The summed E-state index contributed by atoms with van der Waals surface area (Å²) in [6.07, 6.45) is 73.4. The van der Waals surface area contributed by atoms with Gasteiger partial charge in [0, 0.05) is 25.7 Å². The van der Waals surface area contributed by atoms with Crippen molar-refractivity contribution in [2.45, 2.75) is 393 Å². The molecule has 19 heteroatoms. The summed E-state index contributed by atoms with van der Waals surface area (Å²) in [5.74, 6) is -2.20. The highest BCUT2D eigenvalue weighted by Crippen LogP contribution is 2.45. The number of carbonyl (C=O) groups excluding carboxylic acids is 4. The minimum absolute atomic E-state index is 0.0883. The second kappa shape index (κ2) is 74.0. The van der Waals surface area contributed by atoms with Crippen molar-refractivity contribution in [3.05, 3.63) is 60.8 Å². The number of phosphoric ester groups is 2. The molecular weight excluding hydrogens is 1310 g/mol. The zero-order chi connectivity index (χ0) is 73.2. The number of aliphatic hydroxyl groups is 1. The quantitative estimate of drug-likeness (QED) is 0.0169. The van der Waals surface area contributed by atoms with Crippen molar-refractivity contribution in [1.82, 2.24) is 0 Å². The first-order valence-electron chi connectivity index (χ1n) is 40.5. The molecule has 5 atom stereocenters. The van der Waals surface area contributed by atoms with Gasteiger partial charge < -0.3 is 33.8 Å². The zero-order valence-electron chi connectivity index (χ0n) is 63.9. The van der Waals surface area contributed by atoms with Crippen LogP contribution in [0.4, 0.5) is 0 Å². The molecule has 0 spiro atoms. The fourth-order valence-electron chi connectivity index (χ4n) is 11.4. The van der Waals surface area contributed by atoms with Crippen LogP contribution in [0.15, 0.2) is 60.8 Å². The Morgan fingerprint density at radius 1 is 0.290 bits per heavy atom. The average Bonchev–Trinajstić information content (AvgIpc) is 1.06. The number of ether oxygens (including phenoxy) is 4. The molecular formula is C81H148O17P2. The highest BCUT2D eigenvalue weighted by molar-refractivity contribution is 7.47. The average molecular weight is 1460 g/mol. The molecule has 100 heavy (non-hydrogen) atoms. The molecule has 0 aromatic carbocycles. The Labute approximate surface area is 610 Å². The molecule has 0 aliphatic heterocycles. The predicted octanol–water partition coefficient (Wildman–Crippen LogP) is 23.5. The van der Waals surface area contributed by atoms with E-state index in [1.165, 1.54) is 186 Å². The van der Waals surface area contributed by atoms with Crippen LogP contribution in [0.1, 0.15) is 374 Å². The molecule has 584 valence electrons. The molecule has 3 N–H and O–H groups in total. The van der Waals surface area contributed by atoms with Gasteiger partial charge in [0.05, 0.1) is 26.4 Å². The lowest BCUT2D eigenvalue weighted by molar-refractivity contribution is -0.161. The summed E-state index contributed by atoms with van der Waals surface area (Å²) in [6, 6.07) is 0. The number of allylic oxidation sites excluding steroid dienone is 10. The molecule has 0 saturated carbocycles. The first kappa shape index (κ1) is 96.8. The molecule has 0 fully saturated rings. The van der Waals surface area contributed by atoms with Gasteiger partial charge in [-0.05, 0) is 64.2 Å². The van der Waals surface area contributed by atoms with Gasteiger partial charge in [-0.15, -0.1) is 0 Å². The van der Waals surface area contributed by atoms with Gasteiger partial charge in [0.15, 0.2) is 12.2 Å². The summed E-state index contributed by atoms with van der Waals surface area (Å²) in [6.45, 7) is 4.79. The first-order chi connectivity index (χ1) is 48.7. The molecule has 0 aromatic heterocycles. The summed E-state index contributed by atoms with van der Waals surface area (Å²) in [5, 5.41) is 10.6. The van der Waals surface area contributed by atoms with Gasteiger partial charge in [-0.3, -0.25) is 37.3 Å². The van der Waals surface area contributed by atoms with E-state index in [-0.39, 0.29) is 25.7 Å². The molecule has 0 aliphatic carbocycles. The van der Waals surface area contributed by atoms with E-state index >= 15 is 0 Å². The van der Waals surface area contributed by atoms with Crippen LogP contribution >= 0.6 is 15.6 Å². The summed E-state index contributed by atoms with van der Waals surface area (Å²) >= 11 is 0. The van der Waals surface area contributed by atoms with Crippen LogP contribution in [0.3, 0.4) is 0 Å². The zero-order valence-corrected chi connectivity index (χ0v) is 65.7. The summed E-state index contributed by atoms with van der Waals surface area (Å²) < 4.78 is 68.6. The minimum Gasteiger partial charge on any atom is -0.462 e. The number of unbranched alkanes of at least 4 members (excludes halogenated alkanes) is 41. The Hall–Kier alpha value is -3.24. The maximum absolute atomic E-state index is 13.1. The van der Waals surface area contributed by atoms with E-state index in [1.54, 1.807) is 0 Å². The summed E-state index contributed by atoms with van der Waals surface area (Å²) in [7, 11) is -9.95. The Bertz CT molecular complexity index is 2130. The second-order valence-corrected chi connectivity index (χ2v) is 30.3. The van der Waals surface area contributed by atoms with E-state index in [0.29, 0.717) is 32.1 Å². The number of aliphatic hydroxyl groups excluding tert-OH is 1. The number of esters is 4. The molecule has 0 bridgehead atoms. The Morgan fingerprint density at radius 2 is 0.520 bits per heavy atom. The van der Waals surface area contributed by atoms with Gasteiger partial charge in [0.2, 0.25) is 0 Å². The number of hydrogen-bond acceptors (Lipinski definition) is 15. The summed E-state index contributed by atoms with van der Waals surface area (Å²) in [5.41, 5.74) is 0. The fraction of sp³-hybridized carbons (Fsp3) is 0.827. The predicted molar refractivity (Wildman–Crippen MR) is 409 cm³/mol. The molecule has 0 heterocycles. The standard InChI is InChI=1S/C81H148O17P2/c1-5-9-13-17-21-25-29-33-36-37-40-43-46-50-54-58-62-66-79(84)92-72-77(98-81(86)68-64-60-56-52-48-44-39-35-31-27-23-19-15-11-7-3)74-96-100(89,90)94-70-75(82)69-93-99(87,88)95-73-76(97-80(85)67-63-59-55-51-47-41-32-28-24-20-16-12-8-4)71-91-78(83)65-61-57-53-49-45-42-38-34-30-26-22-18-14-10-6-2/h9,13,21,25,33,36,40,43,50,54,75-77,82H,5-8,10-12,14-20,22-24,26-32,34-35,37-39,41-42,44-49,51-53,55-74H2,1-4H3,(H,87,88)(H,89,90)/b13-9-,25-21-,36-33-,43-40-,54-50-. The normalized spacial score (nSPS) is 14.2. The third kappa shape index (κ3) is 73.1. The molecule has 0 rings (SSSR count). The smallest absolute Gasteiger partial charge is 0.462 e. The SMILES string of the molecule is CC/C=C\C/C=C\C/C=C\C/C=C\C/C=C\CCCC(=O)OCC(COP(=O)(O)OCC(O)COP(=O)(O)OCC(COC(=O)CCCCCCCCCCCCCCCCC)OC(=O)CCCCCCCCCCCCCCC)OC(=O)CCCCCCCCCCCCCCCCC. The van der Waals surface area contributed by atoms with Crippen LogP contribution in [0, 0.1) is 0 Å². The number of carbonyl (C=O) groups is 4. The van der Waals surface area contributed by atoms with Crippen LogP contribution in [-0.2, 0) is 65.4 Å². The maximum atomic E-state index is 13.1. The Kier molecular flexibility index (Phi) is 71.6. The molecule has 0 saturated heterocycles. The third-order valence-electron chi connectivity index (χ3n) is 17.5. The second-order valence-electron chi connectivity index (χ2n) is 27.4. The van der Waals surface area contributed by atoms with Crippen molar-refractivity contribution in [2.75, 3.05) is 39.6 Å². The Morgan fingerprint density at radius 3 is 0.800 bits per heavy atom. The number of phosphoric acid groups is 2. The highest BCUT2D eigenvalue weighted by atomic mass is 31.2. The van der Waals surface area contributed by atoms with E-state index in [1.807, 2.05) is 12.2 Å². The lowest BCUT2D eigenvalue weighted by Gasteiger charge is -2.21. The largest absolute Gasteiger partial charge is 0.472 e. The minimum atomic E-state index is -4.98. The van der Waals surface area contributed by atoms with Gasteiger partial charge in [0.25, 0.3) is 0 Å². The number of hydrogen-bond donors (Lipinski definition) is 3. The third-order valence-corrected chi connectivity index (χ3v) is 19.4. The molecule has 0 radical (unpaired) electrons. The van der Waals surface area contributed by atoms with Crippen LogP contribution in [0.25, 0.3) is 0 Å². The molecule has 0 aromatic rings. The van der Waals surface area contributed by atoms with Gasteiger partial charge >= 0.3 is 39.5 Å². The molecule has 0 amide bonds. The van der Waals surface area contributed by atoms with Crippen molar-refractivity contribution in [1.29, 1.82) is 0 Å². The molecule has 17 nitrogen and oxygen atoms in total. The van der Waals surface area contributed by atoms with Crippen molar-refractivity contribution in [3.63, 3.8) is 0 Å². The van der Waals surface area contributed by atoms with Crippen molar-refractivity contribution >= 4 is 39.5 Å². The lowest BCUT2D eigenvalue weighted by atomic mass is 10.0. The fourth-order valence-corrected chi connectivity index (χ4v) is 13.0. The van der Waals surface area contributed by atoms with E-state index in [0.717, 1.165) is 103 Å². The van der Waals surface area contributed by atoms with Crippen LogP contribution in [-0.4, -0.2) is 96.7 Å². The van der Waals surface area contributed by atoms with Gasteiger partial charge in [-0.1, -0.05) is 345 Å². The van der Waals surface area contributed by atoms with Gasteiger partial charge in [0.1, 0.15) is 19.3 Å². The highest BCUT2D eigenvalue weighted by Gasteiger charge is 2.30. The molecule has 0 aliphatic rings. The van der Waals surface area contributed by atoms with E-state index in [9.17, 15) is 43.2 Å². The topological polar surface area (TPSA) is 237 Å². The monoisotopic (exact) mass is 1460 g/mol. The first-order valence-corrected chi connectivity index (χ1v) is 43.5. The van der Waals surface area contributed by atoms with Crippen LogP contribution in [0.2, 0.25) is 0 Å². The van der Waals surface area contributed by atoms with E-state index in [2.05, 4.69) is 76.3 Å². The van der Waals surface area contributed by atoms with Crippen LogP contribution < -0.4 is 0 Å². The lowest BCUT2D eigenvalue weighted by Crippen LogP contribution is -2.30. The van der Waals surface area contributed by atoms with Crippen molar-refractivity contribution in [3.8, 4) is 0 Å². The summed E-state index contributed by atoms with van der Waals surface area (Å²) in [4.78, 5) is 73.0. The van der Waals surface area contributed by atoms with Crippen LogP contribution in [0.5, 0.6) is 0 Å². The van der Waals surface area contributed by atoms with Crippen molar-refractivity contribution in [2.24, 2.45) is 0 Å². The number of rotatable bonds is 77. The maximum Gasteiger partial charge on any atom is 0.472 e. The van der Waals surface area contributed by atoms with Gasteiger partial charge in [-0.2, -0.15) is 0 Å². The Balaban J connectivity index is 5.35. The van der Waals surface area contributed by atoms with E-state index < -0.39 is 97.5 Å². The van der Waals surface area contributed by atoms with Crippen molar-refractivity contribution < 1.29 is 80.2 Å².